The minimum absolute atomic E-state index is 0.136. The molecule has 5 rings (SSSR count). The Balaban J connectivity index is 1.64. The average Bonchev–Trinajstić information content (AvgIpc) is 2.83. The molecule has 7 heteroatoms. The Morgan fingerprint density at radius 3 is 2.44 bits per heavy atom. The van der Waals surface area contributed by atoms with E-state index in [4.69, 9.17) is 4.42 Å². The van der Waals surface area contributed by atoms with E-state index in [1.807, 2.05) is 30.3 Å². The van der Waals surface area contributed by atoms with E-state index in [1.54, 1.807) is 49.4 Å². The van der Waals surface area contributed by atoms with Crippen molar-refractivity contribution in [1.82, 2.24) is 9.66 Å². The van der Waals surface area contributed by atoms with E-state index < -0.39 is 11.5 Å². The summed E-state index contributed by atoms with van der Waals surface area (Å²) in [7, 11) is 0. The van der Waals surface area contributed by atoms with Crippen LogP contribution < -0.4 is 16.4 Å². The molecule has 156 valence electrons. The smallest absolute Gasteiger partial charge is 0.280 e. The Kier molecular flexibility index (Phi) is 4.63. The molecule has 5 aromatic rings. The lowest BCUT2D eigenvalue weighted by atomic mass is 10.0. The van der Waals surface area contributed by atoms with Gasteiger partial charge in [-0.1, -0.05) is 48.5 Å². The molecule has 0 spiro atoms. The number of benzene rings is 3. The van der Waals surface area contributed by atoms with E-state index in [9.17, 15) is 14.4 Å². The van der Waals surface area contributed by atoms with E-state index >= 15 is 0 Å². The Morgan fingerprint density at radius 2 is 1.62 bits per heavy atom. The van der Waals surface area contributed by atoms with Gasteiger partial charge < -0.3 is 4.42 Å². The first-order chi connectivity index (χ1) is 15.5. The molecule has 0 unspecified atom stereocenters. The van der Waals surface area contributed by atoms with Crippen molar-refractivity contribution in [2.75, 3.05) is 5.43 Å². The van der Waals surface area contributed by atoms with Crippen molar-refractivity contribution in [2.24, 2.45) is 0 Å². The fourth-order valence-corrected chi connectivity index (χ4v) is 3.67. The van der Waals surface area contributed by atoms with Gasteiger partial charge in [-0.2, -0.15) is 0 Å². The van der Waals surface area contributed by atoms with Gasteiger partial charge in [0.15, 0.2) is 11.0 Å². The summed E-state index contributed by atoms with van der Waals surface area (Å²) in [5.41, 5.74) is 3.92. The maximum absolute atomic E-state index is 13.1. The van der Waals surface area contributed by atoms with Gasteiger partial charge >= 0.3 is 0 Å². The first kappa shape index (κ1) is 19.4. The van der Waals surface area contributed by atoms with Crippen LogP contribution in [0.2, 0.25) is 0 Å². The van der Waals surface area contributed by atoms with Gasteiger partial charge in [0, 0.05) is 11.1 Å². The lowest BCUT2D eigenvalue weighted by molar-refractivity contribution is 0.101. The lowest BCUT2D eigenvalue weighted by Gasteiger charge is -2.12. The van der Waals surface area contributed by atoms with Crippen LogP contribution in [0.4, 0.5) is 0 Å². The molecular weight excluding hydrogens is 406 g/mol. The highest BCUT2D eigenvalue weighted by Gasteiger charge is 2.19. The number of para-hydroxylation sites is 2. The summed E-state index contributed by atoms with van der Waals surface area (Å²) >= 11 is 0. The summed E-state index contributed by atoms with van der Waals surface area (Å²) in [4.78, 5) is 43.0. The molecule has 0 fully saturated rings. The molecule has 0 saturated carbocycles. The molecule has 0 saturated heterocycles. The zero-order chi connectivity index (χ0) is 22.2. The van der Waals surface area contributed by atoms with Crippen LogP contribution in [0, 0.1) is 6.92 Å². The van der Waals surface area contributed by atoms with Gasteiger partial charge in [0.1, 0.15) is 12.1 Å². The van der Waals surface area contributed by atoms with Gasteiger partial charge in [-0.3, -0.25) is 19.8 Å². The summed E-state index contributed by atoms with van der Waals surface area (Å²) in [6.07, 6.45) is 1.25. The van der Waals surface area contributed by atoms with Crippen LogP contribution in [0.5, 0.6) is 0 Å². The molecule has 7 nitrogen and oxygen atoms in total. The van der Waals surface area contributed by atoms with Crippen LogP contribution in [0.1, 0.15) is 15.9 Å². The highest BCUT2D eigenvalue weighted by atomic mass is 16.3. The van der Waals surface area contributed by atoms with Gasteiger partial charge in [-0.05, 0) is 31.2 Å². The summed E-state index contributed by atoms with van der Waals surface area (Å²) in [5.74, 6) is -0.200. The molecule has 32 heavy (non-hydrogen) atoms. The fraction of sp³-hybridized carbons (Fsp3) is 0.0400. The first-order valence-electron chi connectivity index (χ1n) is 9.94. The molecule has 0 radical (unpaired) electrons. The number of aromatic nitrogens is 2. The van der Waals surface area contributed by atoms with E-state index in [-0.39, 0.29) is 16.6 Å². The number of amides is 1. The van der Waals surface area contributed by atoms with Gasteiger partial charge in [0.25, 0.3) is 11.5 Å². The number of carbonyl (C=O) groups excluding carboxylic acids is 1. The van der Waals surface area contributed by atoms with Crippen molar-refractivity contribution >= 4 is 27.8 Å². The monoisotopic (exact) mass is 423 g/mol. The molecule has 0 aliphatic carbocycles. The van der Waals surface area contributed by atoms with Crippen LogP contribution >= 0.6 is 0 Å². The maximum Gasteiger partial charge on any atom is 0.280 e. The Hall–Kier alpha value is -4.52. The van der Waals surface area contributed by atoms with Gasteiger partial charge in [-0.25, -0.2) is 9.66 Å². The van der Waals surface area contributed by atoms with E-state index in [0.717, 1.165) is 10.2 Å². The standard InChI is InChI=1S/C25H17N3O4/c1-15-21(29)18-11-7-12-19(23(18)32-22(15)16-8-3-2-4-9-16)24(30)27-28-14-26-20-13-6-5-10-17(20)25(28)31/h2-14H,1H3,(H,27,30). The van der Waals surface area contributed by atoms with Gasteiger partial charge in [0.2, 0.25) is 0 Å². The first-order valence-corrected chi connectivity index (χ1v) is 9.94. The normalized spacial score (nSPS) is 11.0. The second-order valence-electron chi connectivity index (χ2n) is 7.31. The Labute approximate surface area is 181 Å². The van der Waals surface area contributed by atoms with Crippen LogP contribution in [0.15, 0.2) is 93.1 Å². The lowest BCUT2D eigenvalue weighted by Crippen LogP contribution is -2.33. The second kappa shape index (κ2) is 7.63. The van der Waals surface area contributed by atoms with Crippen LogP contribution in [-0.4, -0.2) is 15.6 Å². The molecule has 3 aromatic carbocycles. The summed E-state index contributed by atoms with van der Waals surface area (Å²) < 4.78 is 7.11. The van der Waals surface area contributed by atoms with E-state index in [1.165, 1.54) is 6.33 Å². The largest absolute Gasteiger partial charge is 0.455 e. The van der Waals surface area contributed by atoms with Crippen molar-refractivity contribution in [1.29, 1.82) is 0 Å². The van der Waals surface area contributed by atoms with E-state index in [2.05, 4.69) is 10.4 Å². The number of nitrogens with one attached hydrogen (secondary N) is 1. The number of rotatable bonds is 3. The molecule has 0 aliphatic rings. The Morgan fingerprint density at radius 1 is 0.906 bits per heavy atom. The summed E-state index contributed by atoms with van der Waals surface area (Å²) in [5, 5.41) is 0.667. The number of fused-ring (bicyclic) bond motifs is 2. The quantitative estimate of drug-likeness (QED) is 0.476. The van der Waals surface area contributed by atoms with Crippen molar-refractivity contribution in [2.45, 2.75) is 6.92 Å². The molecule has 2 aromatic heterocycles. The number of hydrogen-bond acceptors (Lipinski definition) is 5. The fourth-order valence-electron chi connectivity index (χ4n) is 3.67. The summed E-state index contributed by atoms with van der Waals surface area (Å²) in [6, 6.07) is 20.9. The molecule has 0 aliphatic heterocycles. The van der Waals surface area contributed by atoms with Gasteiger partial charge in [-0.15, -0.1) is 0 Å². The Bertz CT molecular complexity index is 1620. The van der Waals surface area contributed by atoms with Crippen LogP contribution in [-0.2, 0) is 0 Å². The van der Waals surface area contributed by atoms with E-state index in [0.29, 0.717) is 27.6 Å². The van der Waals surface area contributed by atoms with Crippen LogP contribution in [0.3, 0.4) is 0 Å². The minimum Gasteiger partial charge on any atom is -0.455 e. The highest BCUT2D eigenvalue weighted by molar-refractivity contribution is 6.08. The zero-order valence-electron chi connectivity index (χ0n) is 17.0. The number of hydrogen-bond donors (Lipinski definition) is 1. The minimum atomic E-state index is -0.596. The second-order valence-corrected chi connectivity index (χ2v) is 7.31. The number of carbonyl (C=O) groups is 1. The maximum atomic E-state index is 13.1. The molecule has 1 amide bonds. The molecule has 0 bridgehead atoms. The predicted molar refractivity (Wildman–Crippen MR) is 122 cm³/mol. The van der Waals surface area contributed by atoms with Crippen molar-refractivity contribution in [3.05, 3.63) is 111 Å². The SMILES string of the molecule is Cc1c(-c2ccccc2)oc2c(C(=O)Nn3cnc4ccccc4c3=O)cccc2c1=O. The summed E-state index contributed by atoms with van der Waals surface area (Å²) in [6.45, 7) is 1.70. The van der Waals surface area contributed by atoms with Crippen molar-refractivity contribution in [3.8, 4) is 11.3 Å². The van der Waals surface area contributed by atoms with Gasteiger partial charge in [0.05, 0.1) is 21.9 Å². The van der Waals surface area contributed by atoms with Crippen LogP contribution in [0.25, 0.3) is 33.2 Å². The van der Waals surface area contributed by atoms with Crippen molar-refractivity contribution in [3.63, 3.8) is 0 Å². The third kappa shape index (κ3) is 3.16. The zero-order valence-corrected chi connectivity index (χ0v) is 17.0. The third-order valence-electron chi connectivity index (χ3n) is 5.31. The third-order valence-corrected chi connectivity index (χ3v) is 5.31. The average molecular weight is 423 g/mol. The highest BCUT2D eigenvalue weighted by Crippen LogP contribution is 2.27. The molecule has 2 heterocycles. The molecular formula is C25H17N3O4. The molecule has 1 N–H and O–H groups in total. The molecule has 0 atom stereocenters. The number of nitrogens with zero attached hydrogens (tertiary/aromatic N) is 2. The van der Waals surface area contributed by atoms with Crippen molar-refractivity contribution < 1.29 is 9.21 Å². The predicted octanol–water partition coefficient (Wildman–Crippen LogP) is 3.86. The topological polar surface area (TPSA) is 94.2 Å².